The van der Waals surface area contributed by atoms with Gasteiger partial charge < -0.3 is 4.74 Å². The van der Waals surface area contributed by atoms with Crippen LogP contribution in [0.3, 0.4) is 0 Å². The Kier molecular flexibility index (Phi) is 4.83. The molecule has 0 unspecified atom stereocenters. The Morgan fingerprint density at radius 3 is 2.64 bits per heavy atom. The zero-order valence-electron chi connectivity index (χ0n) is 17.8. The van der Waals surface area contributed by atoms with Gasteiger partial charge in [0.25, 0.3) is 0 Å². The van der Waals surface area contributed by atoms with E-state index in [1.165, 1.54) is 0 Å². The van der Waals surface area contributed by atoms with Crippen LogP contribution in [-0.4, -0.2) is 23.6 Å². The average molecular weight is 387 g/mol. The van der Waals surface area contributed by atoms with Crippen molar-refractivity contribution >= 4 is 17.5 Å². The standard InChI is InChI=1S/C24H34O4/c1-5-21(27)28-16-10-11-23(3)15(12-16)6-7-17-19-9-8-18(14(2)25)24(19,4)13-20(26)22(17)23/h8,15-17,19,22H,5-7,9-13H2,1-4H3/t15-,16-,17+,19+,22-,23-,24-/m0/s1. The Bertz CT molecular complexity index is 737. The molecule has 0 radical (unpaired) electrons. The van der Waals surface area contributed by atoms with Gasteiger partial charge in [0.15, 0.2) is 5.78 Å². The van der Waals surface area contributed by atoms with Crippen LogP contribution in [0.1, 0.15) is 79.1 Å². The third-order valence-corrected chi connectivity index (χ3v) is 8.85. The summed E-state index contributed by atoms with van der Waals surface area (Å²) in [5.74, 6) is 1.75. The van der Waals surface area contributed by atoms with Crippen molar-refractivity contribution in [3.8, 4) is 0 Å². The highest BCUT2D eigenvalue weighted by Crippen LogP contribution is 2.65. The number of hydrogen-bond acceptors (Lipinski definition) is 4. The van der Waals surface area contributed by atoms with Crippen LogP contribution in [0.25, 0.3) is 0 Å². The lowest BCUT2D eigenvalue weighted by Crippen LogP contribution is -2.57. The summed E-state index contributed by atoms with van der Waals surface area (Å²) < 4.78 is 5.65. The monoisotopic (exact) mass is 386 g/mol. The molecule has 0 aromatic carbocycles. The molecule has 3 fully saturated rings. The van der Waals surface area contributed by atoms with Gasteiger partial charge >= 0.3 is 5.97 Å². The number of ketones is 2. The molecular weight excluding hydrogens is 352 g/mol. The van der Waals surface area contributed by atoms with E-state index in [1.807, 2.05) is 6.92 Å². The molecule has 4 rings (SSSR count). The molecular formula is C24H34O4. The summed E-state index contributed by atoms with van der Waals surface area (Å²) in [5.41, 5.74) is 0.642. The van der Waals surface area contributed by atoms with E-state index in [1.54, 1.807) is 6.92 Å². The maximum absolute atomic E-state index is 13.5. The van der Waals surface area contributed by atoms with Gasteiger partial charge in [0.2, 0.25) is 0 Å². The molecule has 4 aliphatic carbocycles. The fourth-order valence-corrected chi connectivity index (χ4v) is 7.53. The van der Waals surface area contributed by atoms with Gasteiger partial charge in [0, 0.05) is 24.2 Å². The number of esters is 1. The molecule has 0 bridgehead atoms. The topological polar surface area (TPSA) is 60.4 Å². The number of allylic oxidation sites excluding steroid dienone is 2. The Morgan fingerprint density at radius 2 is 1.96 bits per heavy atom. The van der Waals surface area contributed by atoms with E-state index in [0.717, 1.165) is 44.1 Å². The van der Waals surface area contributed by atoms with Gasteiger partial charge in [0.05, 0.1) is 0 Å². The second-order valence-electron chi connectivity index (χ2n) is 10.2. The van der Waals surface area contributed by atoms with Crippen LogP contribution >= 0.6 is 0 Å². The number of Topliss-reactive ketones (excluding diaryl/α,β-unsaturated/α-hetero) is 2. The molecule has 7 atom stereocenters. The van der Waals surface area contributed by atoms with Crippen molar-refractivity contribution in [2.45, 2.75) is 85.2 Å². The third kappa shape index (κ3) is 2.81. The van der Waals surface area contributed by atoms with Gasteiger partial charge in [-0.2, -0.15) is 0 Å². The second kappa shape index (κ2) is 6.81. The first-order valence-corrected chi connectivity index (χ1v) is 11.1. The molecule has 0 saturated heterocycles. The van der Waals surface area contributed by atoms with Crippen molar-refractivity contribution in [1.29, 1.82) is 0 Å². The maximum Gasteiger partial charge on any atom is 0.305 e. The van der Waals surface area contributed by atoms with Crippen molar-refractivity contribution in [2.24, 2.45) is 34.5 Å². The van der Waals surface area contributed by atoms with Crippen LogP contribution in [-0.2, 0) is 19.1 Å². The lowest BCUT2D eigenvalue weighted by atomic mass is 9.44. The van der Waals surface area contributed by atoms with E-state index >= 15 is 0 Å². The quantitative estimate of drug-likeness (QED) is 0.662. The summed E-state index contributed by atoms with van der Waals surface area (Å²) in [6, 6.07) is 0. The molecule has 0 heterocycles. The third-order valence-electron chi connectivity index (χ3n) is 8.85. The number of hydrogen-bond donors (Lipinski definition) is 0. The van der Waals surface area contributed by atoms with E-state index in [-0.39, 0.29) is 34.6 Å². The van der Waals surface area contributed by atoms with Gasteiger partial charge in [-0.1, -0.05) is 26.8 Å². The SMILES string of the molecule is CCC(=O)O[C@H]1CC[C@@]2(C)[C@@H](CC[C@H]3[C@H]2C(=O)C[C@@]2(C)C(C(C)=O)=CC[C@H]32)C1. The minimum Gasteiger partial charge on any atom is -0.462 e. The first-order chi connectivity index (χ1) is 13.2. The van der Waals surface area contributed by atoms with Gasteiger partial charge in [-0.15, -0.1) is 0 Å². The highest BCUT2D eigenvalue weighted by atomic mass is 16.5. The second-order valence-corrected chi connectivity index (χ2v) is 10.2. The van der Waals surface area contributed by atoms with E-state index in [2.05, 4.69) is 19.9 Å². The fraction of sp³-hybridized carbons (Fsp3) is 0.792. The van der Waals surface area contributed by atoms with Crippen LogP contribution in [0.15, 0.2) is 11.6 Å². The number of rotatable bonds is 3. The van der Waals surface area contributed by atoms with Crippen molar-refractivity contribution in [3.63, 3.8) is 0 Å². The fourth-order valence-electron chi connectivity index (χ4n) is 7.53. The predicted molar refractivity (Wildman–Crippen MR) is 106 cm³/mol. The van der Waals surface area contributed by atoms with E-state index in [0.29, 0.717) is 36.4 Å². The Labute approximate surface area is 168 Å². The van der Waals surface area contributed by atoms with Gasteiger partial charge in [-0.25, -0.2) is 0 Å². The van der Waals surface area contributed by atoms with Gasteiger partial charge in [-0.3, -0.25) is 14.4 Å². The zero-order valence-corrected chi connectivity index (χ0v) is 17.8. The smallest absolute Gasteiger partial charge is 0.305 e. The van der Waals surface area contributed by atoms with Crippen LogP contribution in [0.4, 0.5) is 0 Å². The van der Waals surface area contributed by atoms with Crippen LogP contribution in [0.2, 0.25) is 0 Å². The Balaban J connectivity index is 1.57. The molecule has 4 heteroatoms. The molecule has 3 saturated carbocycles. The van der Waals surface area contributed by atoms with E-state index in [4.69, 9.17) is 4.74 Å². The summed E-state index contributed by atoms with van der Waals surface area (Å²) in [6.07, 6.45) is 8.92. The summed E-state index contributed by atoms with van der Waals surface area (Å²) in [5, 5.41) is 0. The van der Waals surface area contributed by atoms with Crippen molar-refractivity contribution < 1.29 is 19.1 Å². The molecule has 0 aromatic heterocycles. The molecule has 154 valence electrons. The van der Waals surface area contributed by atoms with Crippen LogP contribution in [0, 0.1) is 34.5 Å². The van der Waals surface area contributed by atoms with E-state index in [9.17, 15) is 14.4 Å². The molecule has 0 aromatic rings. The molecule has 0 N–H and O–H groups in total. The van der Waals surface area contributed by atoms with Gasteiger partial charge in [-0.05, 0) is 74.2 Å². The lowest BCUT2D eigenvalue weighted by molar-refractivity contribution is -0.167. The summed E-state index contributed by atoms with van der Waals surface area (Å²) in [6.45, 7) is 7.96. The largest absolute Gasteiger partial charge is 0.462 e. The minimum atomic E-state index is -0.263. The lowest BCUT2D eigenvalue weighted by Gasteiger charge is -2.59. The molecule has 28 heavy (non-hydrogen) atoms. The molecule has 0 aliphatic heterocycles. The molecule has 4 nitrogen and oxygen atoms in total. The van der Waals surface area contributed by atoms with Crippen molar-refractivity contribution in [3.05, 3.63) is 11.6 Å². The van der Waals surface area contributed by atoms with Crippen molar-refractivity contribution in [2.75, 3.05) is 0 Å². The molecule has 0 amide bonds. The Morgan fingerprint density at radius 1 is 1.21 bits per heavy atom. The molecule has 0 spiro atoms. The molecule has 4 aliphatic rings. The number of carbonyl (C=O) groups excluding carboxylic acids is 3. The highest BCUT2D eigenvalue weighted by molar-refractivity contribution is 5.97. The summed E-state index contributed by atoms with van der Waals surface area (Å²) in [4.78, 5) is 37.4. The number of carbonyl (C=O) groups is 3. The predicted octanol–water partition coefficient (Wildman–Crippen LogP) is 4.66. The van der Waals surface area contributed by atoms with Crippen LogP contribution < -0.4 is 0 Å². The van der Waals surface area contributed by atoms with E-state index < -0.39 is 0 Å². The number of ether oxygens (including phenoxy) is 1. The normalized spacial score (nSPS) is 44.8. The zero-order chi connectivity index (χ0) is 20.3. The maximum atomic E-state index is 13.5. The first-order valence-electron chi connectivity index (χ1n) is 11.1. The van der Waals surface area contributed by atoms with Gasteiger partial charge in [0.1, 0.15) is 11.9 Å². The minimum absolute atomic E-state index is 0.00935. The number of fused-ring (bicyclic) bond motifs is 5. The summed E-state index contributed by atoms with van der Waals surface area (Å²) in [7, 11) is 0. The van der Waals surface area contributed by atoms with Crippen LogP contribution in [0.5, 0.6) is 0 Å². The Hall–Kier alpha value is -1.45. The van der Waals surface area contributed by atoms with Crippen molar-refractivity contribution in [1.82, 2.24) is 0 Å². The highest BCUT2D eigenvalue weighted by Gasteiger charge is 2.62. The summed E-state index contributed by atoms with van der Waals surface area (Å²) >= 11 is 0. The first kappa shape index (κ1) is 19.8. The average Bonchev–Trinajstić information content (AvgIpc) is 2.98.